The lowest BCUT2D eigenvalue weighted by molar-refractivity contribution is -0.111. The molecule has 15 heavy (non-hydrogen) atoms. The maximum Gasteiger partial charge on any atom is 0.326 e. The van der Waals surface area contributed by atoms with Crippen molar-refractivity contribution < 1.29 is 9.21 Å². The van der Waals surface area contributed by atoms with Gasteiger partial charge in [0.05, 0.1) is 0 Å². The molecular weight excluding hydrogens is 194 g/mol. The van der Waals surface area contributed by atoms with Crippen LogP contribution in [0.3, 0.4) is 0 Å². The fraction of sp³-hybridized carbons (Fsp3) is 0.100. The van der Waals surface area contributed by atoms with Gasteiger partial charge in [-0.2, -0.15) is 5.26 Å². The predicted octanol–water partition coefficient (Wildman–Crippen LogP) is 1.60. The average molecular weight is 201 g/mol. The van der Waals surface area contributed by atoms with Crippen molar-refractivity contribution in [1.82, 2.24) is 4.98 Å². The zero-order valence-corrected chi connectivity index (χ0v) is 7.94. The Labute approximate surface area is 85.3 Å². The van der Waals surface area contributed by atoms with Crippen LogP contribution in [0.4, 0.5) is 5.69 Å². The third-order valence-electron chi connectivity index (χ3n) is 1.85. The molecule has 74 valence electrons. The van der Waals surface area contributed by atoms with Crippen LogP contribution in [-0.4, -0.2) is 10.9 Å². The van der Waals surface area contributed by atoms with E-state index in [0.717, 1.165) is 5.52 Å². The predicted molar refractivity (Wildman–Crippen MR) is 53.0 cm³/mol. The fourth-order valence-corrected chi connectivity index (χ4v) is 1.28. The number of carbonyl (C=O) groups is 1. The smallest absolute Gasteiger partial charge is 0.326 e. The van der Waals surface area contributed by atoms with Crippen LogP contribution in [0.1, 0.15) is 5.89 Å². The summed E-state index contributed by atoms with van der Waals surface area (Å²) >= 11 is 0. The van der Waals surface area contributed by atoms with E-state index in [0.29, 0.717) is 17.2 Å². The first-order valence-corrected chi connectivity index (χ1v) is 4.27. The lowest BCUT2D eigenvalue weighted by Gasteiger charge is -1.97. The Morgan fingerprint density at radius 1 is 1.60 bits per heavy atom. The van der Waals surface area contributed by atoms with Gasteiger partial charge in [0.2, 0.25) is 0 Å². The highest BCUT2D eigenvalue weighted by molar-refractivity contribution is 6.02. The second-order valence-corrected chi connectivity index (χ2v) is 2.98. The van der Waals surface area contributed by atoms with Gasteiger partial charge in [0.1, 0.15) is 5.52 Å². The van der Waals surface area contributed by atoms with E-state index in [2.05, 4.69) is 10.3 Å². The molecule has 1 N–H and O–H groups in total. The van der Waals surface area contributed by atoms with Crippen molar-refractivity contribution in [2.45, 2.75) is 6.92 Å². The van der Waals surface area contributed by atoms with Crippen molar-refractivity contribution >= 4 is 22.7 Å². The molecule has 1 aromatic carbocycles. The van der Waals surface area contributed by atoms with Gasteiger partial charge in [-0.05, 0) is 12.1 Å². The topological polar surface area (TPSA) is 78.9 Å². The van der Waals surface area contributed by atoms with E-state index in [1.165, 1.54) is 6.07 Å². The second kappa shape index (κ2) is 3.42. The highest BCUT2D eigenvalue weighted by atomic mass is 16.3. The largest absolute Gasteiger partial charge is 0.441 e. The van der Waals surface area contributed by atoms with Gasteiger partial charge < -0.3 is 9.73 Å². The summed E-state index contributed by atoms with van der Waals surface area (Å²) in [5.74, 6) is -0.139. The molecule has 0 radical (unpaired) electrons. The van der Waals surface area contributed by atoms with Crippen molar-refractivity contribution in [2.24, 2.45) is 0 Å². The number of carbonyl (C=O) groups excluding carboxylic acids is 1. The molecule has 5 heteroatoms. The van der Waals surface area contributed by atoms with Crippen LogP contribution in [0.5, 0.6) is 0 Å². The van der Waals surface area contributed by atoms with Gasteiger partial charge >= 0.3 is 5.91 Å². The molecule has 0 aliphatic heterocycles. The lowest BCUT2D eigenvalue weighted by atomic mass is 10.3. The Balaban J connectivity index is 2.39. The number of aromatic nitrogens is 1. The van der Waals surface area contributed by atoms with Gasteiger partial charge in [-0.25, -0.2) is 4.98 Å². The maximum absolute atomic E-state index is 10.8. The number of aryl methyl sites for hydroxylation is 1. The Bertz CT molecular complexity index is 566. The number of hydrogen-bond acceptors (Lipinski definition) is 4. The van der Waals surface area contributed by atoms with E-state index in [1.54, 1.807) is 25.1 Å². The number of hydrogen-bond donors (Lipinski definition) is 1. The van der Waals surface area contributed by atoms with Gasteiger partial charge in [0.25, 0.3) is 0 Å². The minimum absolute atomic E-state index is 0.519. The standard InChI is InChI=1S/C10H7N3O2/c1-6-12-8-3-2-7(4-9(8)15-6)13-10(14)5-11/h2-4H,1H3,(H,13,14). The van der Waals surface area contributed by atoms with Crippen LogP contribution in [0.25, 0.3) is 11.1 Å². The Kier molecular flexibility index (Phi) is 2.10. The highest BCUT2D eigenvalue weighted by Gasteiger charge is 2.04. The summed E-state index contributed by atoms with van der Waals surface area (Å²) < 4.78 is 5.28. The van der Waals surface area contributed by atoms with Crippen LogP contribution in [-0.2, 0) is 4.79 Å². The fourth-order valence-electron chi connectivity index (χ4n) is 1.28. The van der Waals surface area contributed by atoms with Crippen molar-refractivity contribution in [3.8, 4) is 6.07 Å². The molecular formula is C10H7N3O2. The van der Waals surface area contributed by atoms with Crippen molar-refractivity contribution in [1.29, 1.82) is 5.26 Å². The van der Waals surface area contributed by atoms with Gasteiger partial charge in [0, 0.05) is 18.7 Å². The van der Waals surface area contributed by atoms with Crippen LogP contribution in [0, 0.1) is 18.3 Å². The van der Waals surface area contributed by atoms with Gasteiger partial charge in [-0.1, -0.05) is 0 Å². The number of anilines is 1. The monoisotopic (exact) mass is 201 g/mol. The number of benzene rings is 1. The van der Waals surface area contributed by atoms with E-state index < -0.39 is 5.91 Å². The second-order valence-electron chi connectivity index (χ2n) is 2.98. The summed E-state index contributed by atoms with van der Waals surface area (Å²) in [5, 5.41) is 10.7. The van der Waals surface area contributed by atoms with E-state index in [4.69, 9.17) is 9.68 Å². The molecule has 0 fully saturated rings. The molecule has 0 aliphatic rings. The van der Waals surface area contributed by atoms with Crippen LogP contribution < -0.4 is 5.32 Å². The van der Waals surface area contributed by atoms with Crippen molar-refractivity contribution in [3.05, 3.63) is 24.1 Å². The molecule has 5 nitrogen and oxygen atoms in total. The minimum atomic E-state index is -0.703. The van der Waals surface area contributed by atoms with Crippen LogP contribution in [0.2, 0.25) is 0 Å². The first kappa shape index (κ1) is 9.21. The minimum Gasteiger partial charge on any atom is -0.441 e. The first-order chi connectivity index (χ1) is 7.19. The molecule has 1 amide bonds. The summed E-state index contributed by atoms with van der Waals surface area (Å²) in [6.45, 7) is 1.74. The zero-order valence-electron chi connectivity index (χ0n) is 7.94. The molecule has 0 aliphatic carbocycles. The molecule has 0 bridgehead atoms. The van der Waals surface area contributed by atoms with Crippen molar-refractivity contribution in [2.75, 3.05) is 5.32 Å². The highest BCUT2D eigenvalue weighted by Crippen LogP contribution is 2.19. The number of oxazole rings is 1. The molecule has 0 unspecified atom stereocenters. The lowest BCUT2D eigenvalue weighted by Crippen LogP contribution is -2.07. The Hall–Kier alpha value is -2.35. The summed E-state index contributed by atoms with van der Waals surface area (Å²) in [4.78, 5) is 14.9. The Morgan fingerprint density at radius 2 is 2.40 bits per heavy atom. The summed E-state index contributed by atoms with van der Waals surface area (Å²) in [7, 11) is 0. The van der Waals surface area contributed by atoms with Gasteiger partial charge in [-0.15, -0.1) is 0 Å². The molecule has 1 heterocycles. The summed E-state index contributed by atoms with van der Waals surface area (Å²) in [6, 6.07) is 6.49. The number of nitrogens with one attached hydrogen (secondary N) is 1. The van der Waals surface area contributed by atoms with Crippen molar-refractivity contribution in [3.63, 3.8) is 0 Å². The van der Waals surface area contributed by atoms with E-state index in [-0.39, 0.29) is 0 Å². The third kappa shape index (κ3) is 1.79. The average Bonchev–Trinajstić information content (AvgIpc) is 2.57. The number of nitriles is 1. The molecule has 0 spiro atoms. The zero-order chi connectivity index (χ0) is 10.8. The first-order valence-electron chi connectivity index (χ1n) is 4.27. The molecule has 0 saturated heterocycles. The summed E-state index contributed by atoms with van der Waals surface area (Å²) in [6.07, 6.45) is 0. The molecule has 0 saturated carbocycles. The van der Waals surface area contributed by atoms with E-state index >= 15 is 0 Å². The third-order valence-corrected chi connectivity index (χ3v) is 1.85. The van der Waals surface area contributed by atoms with Crippen LogP contribution >= 0.6 is 0 Å². The van der Waals surface area contributed by atoms with Crippen LogP contribution in [0.15, 0.2) is 22.6 Å². The van der Waals surface area contributed by atoms with Gasteiger partial charge in [-0.3, -0.25) is 4.79 Å². The number of fused-ring (bicyclic) bond motifs is 1. The number of rotatable bonds is 1. The SMILES string of the molecule is Cc1nc2ccc(NC(=O)C#N)cc2o1. The molecule has 0 atom stereocenters. The number of amides is 1. The Morgan fingerprint density at radius 3 is 3.13 bits per heavy atom. The molecule has 1 aromatic heterocycles. The quantitative estimate of drug-likeness (QED) is 0.710. The molecule has 2 rings (SSSR count). The number of nitrogens with zero attached hydrogens (tertiary/aromatic N) is 2. The maximum atomic E-state index is 10.8. The molecule has 2 aromatic rings. The summed E-state index contributed by atoms with van der Waals surface area (Å²) in [5.41, 5.74) is 1.83. The normalized spacial score (nSPS) is 9.87. The van der Waals surface area contributed by atoms with E-state index in [9.17, 15) is 4.79 Å². The van der Waals surface area contributed by atoms with E-state index in [1.807, 2.05) is 0 Å². The van der Waals surface area contributed by atoms with Gasteiger partial charge in [0.15, 0.2) is 17.5 Å².